The first kappa shape index (κ1) is 28.9. The Bertz CT molecular complexity index is 556. The van der Waals surface area contributed by atoms with Crippen molar-refractivity contribution in [1.82, 2.24) is 0 Å². The molecule has 0 radical (unpaired) electrons. The number of hydrogen-bond donors (Lipinski definition) is 0. The molecule has 0 aromatic rings. The van der Waals surface area contributed by atoms with Crippen LogP contribution in [0.15, 0.2) is 37.5 Å². The van der Waals surface area contributed by atoms with Crippen LogP contribution in [0, 0.1) is 0 Å². The summed E-state index contributed by atoms with van der Waals surface area (Å²) in [5.41, 5.74) is 0. The number of ether oxygens (including phenoxy) is 4. The number of hydrogen-bond acceptors (Lipinski definition) is 8. The normalized spacial score (nSPS) is 9.86. The highest BCUT2D eigenvalue weighted by Crippen LogP contribution is 1.87. The van der Waals surface area contributed by atoms with E-state index in [-0.39, 0.29) is 11.9 Å². The van der Waals surface area contributed by atoms with E-state index < -0.39 is 17.2 Å². The number of rotatable bonds is 8. The van der Waals surface area contributed by atoms with Crippen molar-refractivity contribution in [2.75, 3.05) is 32.7 Å². The van der Waals surface area contributed by atoms with Crippen molar-refractivity contribution in [2.24, 2.45) is 0 Å². The van der Waals surface area contributed by atoms with Crippen LogP contribution in [0.5, 0.6) is 0 Å². The van der Waals surface area contributed by atoms with Crippen LogP contribution in [0.25, 0.3) is 0 Å². The molecule has 0 rings (SSSR count). The van der Waals surface area contributed by atoms with Gasteiger partial charge in [-0.2, -0.15) is 0 Å². The maximum absolute atomic E-state index is 10.5. The monoisotopic (exact) mass is 458 g/mol. The van der Waals surface area contributed by atoms with Crippen LogP contribution in [0.1, 0.15) is 29.4 Å². The van der Waals surface area contributed by atoms with E-state index in [2.05, 4.69) is 55.3 Å². The van der Waals surface area contributed by atoms with Gasteiger partial charge in [-0.15, -0.1) is 29.8 Å². The number of halogens is 2. The second kappa shape index (κ2) is 30.4. The third-order valence-electron chi connectivity index (χ3n) is 2.04. The van der Waals surface area contributed by atoms with Crippen molar-refractivity contribution in [1.29, 1.82) is 0 Å². The Morgan fingerprint density at radius 1 is 0.897 bits per heavy atom. The van der Waals surface area contributed by atoms with Crippen molar-refractivity contribution in [3.63, 3.8) is 0 Å². The molecular weight excluding hydrogens is 427 g/mol. The summed E-state index contributed by atoms with van der Waals surface area (Å²) >= 11 is 9.26. The van der Waals surface area contributed by atoms with E-state index in [1.165, 1.54) is 34.1 Å². The molecule has 168 valence electrons. The van der Waals surface area contributed by atoms with Crippen molar-refractivity contribution >= 4 is 47.1 Å². The van der Waals surface area contributed by atoms with Crippen LogP contribution >= 0.6 is 23.2 Å². The molecule has 0 spiro atoms. The summed E-state index contributed by atoms with van der Waals surface area (Å²) in [7, 11) is 2.61. The van der Waals surface area contributed by atoms with Gasteiger partial charge in [0.05, 0.1) is 35.5 Å². The zero-order chi connectivity index (χ0) is 25.3. The maximum Gasteiger partial charge on any atom is 0.330 e. The van der Waals surface area contributed by atoms with Gasteiger partial charge in [-0.1, -0.05) is 18.7 Å². The molecule has 29 heavy (non-hydrogen) atoms. The van der Waals surface area contributed by atoms with Crippen molar-refractivity contribution in [3.8, 4) is 0 Å². The fraction of sp³-hybridized carbons (Fsp3) is 0.474. The number of methoxy groups -OCH3 is 2. The summed E-state index contributed by atoms with van der Waals surface area (Å²) in [6, 6.07) is 0. The quantitative estimate of drug-likeness (QED) is 0.136. The molecule has 0 heterocycles. The lowest BCUT2D eigenvalue weighted by atomic mass is 10.4. The van der Waals surface area contributed by atoms with Crippen LogP contribution in [0.3, 0.4) is 0 Å². The van der Waals surface area contributed by atoms with Crippen LogP contribution in [0.4, 0.5) is 0 Å². The molecule has 0 aromatic heterocycles. The highest BCUT2D eigenvalue weighted by molar-refractivity contribution is 6.40. The van der Waals surface area contributed by atoms with Gasteiger partial charge in [0.15, 0.2) is 0 Å². The first-order chi connectivity index (χ1) is 14.2. The molecule has 0 fully saturated rings. The third-order valence-corrected chi connectivity index (χ3v) is 2.04. The minimum absolute atomic E-state index is 0.230. The Morgan fingerprint density at radius 2 is 1.31 bits per heavy atom. The molecule has 0 aliphatic carbocycles. The lowest BCUT2D eigenvalue weighted by Gasteiger charge is -1.96. The lowest BCUT2D eigenvalue weighted by molar-refractivity contribution is -0.141. The Hall–Kier alpha value is -2.32. The molecule has 8 nitrogen and oxygen atoms in total. The molecule has 0 aliphatic rings. The highest BCUT2D eigenvalue weighted by atomic mass is 35.5. The van der Waals surface area contributed by atoms with Gasteiger partial charge in [-0.25, -0.2) is 9.59 Å². The molecule has 0 atom stereocenters. The molecule has 0 saturated carbocycles. The number of alkyl halides is 2. The van der Waals surface area contributed by atoms with E-state index in [0.29, 0.717) is 19.6 Å². The Labute approximate surface area is 185 Å². The molecule has 10 heteroatoms. The minimum atomic E-state index is -2.06. The van der Waals surface area contributed by atoms with Gasteiger partial charge in [0, 0.05) is 32.4 Å². The summed E-state index contributed by atoms with van der Waals surface area (Å²) in [5, 5.41) is -2.06. The number of carbonyl (C=O) groups is 4. The number of esters is 4. The van der Waals surface area contributed by atoms with Gasteiger partial charge in [0.2, 0.25) is 0 Å². The second-order valence-corrected chi connectivity index (χ2v) is 4.84. The highest BCUT2D eigenvalue weighted by Gasteiger charge is 1.91. The van der Waals surface area contributed by atoms with Gasteiger partial charge in [0.25, 0.3) is 0 Å². The largest absolute Gasteiger partial charge is 0.466 e. The predicted molar refractivity (Wildman–Crippen MR) is 113 cm³/mol. The van der Waals surface area contributed by atoms with E-state index in [0.717, 1.165) is 12.5 Å². The van der Waals surface area contributed by atoms with Gasteiger partial charge < -0.3 is 18.9 Å². The van der Waals surface area contributed by atoms with Crippen LogP contribution in [-0.2, 0) is 38.1 Å². The summed E-state index contributed by atoms with van der Waals surface area (Å²) in [5.74, 6) is -1.35. The standard InChI is InChI=1S/C8H12O4.C6H10O2.C4H6O2.CH2Cl2/c1-7(9)12-6-4-3-5-8(10)11-2;1-3-4-5-8-6(2)7;1-3-4(5)6-2;2-1-3/h3,5H,4,6H2,1-2H3;3H,1,4-5H2,2H3;3H,1H2,2H3;1H2/b5-3+;;;/i;;;1D2. The first-order valence-corrected chi connectivity index (χ1v) is 8.70. The van der Waals surface area contributed by atoms with Crippen LogP contribution < -0.4 is 0 Å². The summed E-state index contributed by atoms with van der Waals surface area (Å²) in [4.78, 5) is 40.7. The minimum Gasteiger partial charge on any atom is -0.466 e. The summed E-state index contributed by atoms with van der Waals surface area (Å²) < 4.78 is 29.9. The van der Waals surface area contributed by atoms with Crippen molar-refractivity contribution in [3.05, 3.63) is 37.5 Å². The topological polar surface area (TPSA) is 105 Å². The predicted octanol–water partition coefficient (Wildman–Crippen LogP) is 3.56. The lowest BCUT2D eigenvalue weighted by Crippen LogP contribution is -1.99. The smallest absolute Gasteiger partial charge is 0.330 e. The summed E-state index contributed by atoms with van der Waals surface area (Å²) in [6.07, 6.45) is 6.97. The maximum atomic E-state index is 10.5. The van der Waals surface area contributed by atoms with E-state index in [1.54, 1.807) is 12.2 Å². The molecule has 0 unspecified atom stereocenters. The molecule has 0 aliphatic heterocycles. The van der Waals surface area contributed by atoms with Crippen molar-refractivity contribution < 1.29 is 40.9 Å². The van der Waals surface area contributed by atoms with Crippen LogP contribution in [0.2, 0.25) is 0 Å². The van der Waals surface area contributed by atoms with Gasteiger partial charge in [0.1, 0.15) is 0 Å². The Kier molecular flexibility index (Phi) is 30.3. The van der Waals surface area contributed by atoms with E-state index in [1.807, 2.05) is 0 Å². The fourth-order valence-electron chi connectivity index (χ4n) is 0.888. The van der Waals surface area contributed by atoms with Crippen molar-refractivity contribution in [2.45, 2.75) is 26.7 Å². The Morgan fingerprint density at radius 3 is 1.59 bits per heavy atom. The molecule has 0 saturated heterocycles. The van der Waals surface area contributed by atoms with Crippen LogP contribution in [-0.4, -0.2) is 56.6 Å². The van der Waals surface area contributed by atoms with E-state index in [9.17, 15) is 19.2 Å². The van der Waals surface area contributed by atoms with Gasteiger partial charge in [-0.05, 0) is 6.42 Å². The zero-order valence-electron chi connectivity index (χ0n) is 19.1. The fourth-order valence-corrected chi connectivity index (χ4v) is 0.888. The molecule has 0 aromatic carbocycles. The second-order valence-electron chi connectivity index (χ2n) is 4.27. The SMILES string of the molecule is C=CC(=O)OC.C=CCCOC(C)=O.COC(=O)/C=C/CCOC(C)=O.[2H]C([2H])(Cl)Cl. The summed E-state index contributed by atoms with van der Waals surface area (Å²) in [6.45, 7) is 10.1. The average Bonchev–Trinajstić information content (AvgIpc) is 2.66. The average molecular weight is 459 g/mol. The number of carbonyl (C=O) groups excluding carboxylic acids is 4. The van der Waals surface area contributed by atoms with E-state index >= 15 is 0 Å². The van der Waals surface area contributed by atoms with Gasteiger partial charge >= 0.3 is 23.9 Å². The Balaban J connectivity index is -0.000000167. The zero-order valence-corrected chi connectivity index (χ0v) is 18.6. The molecule has 0 N–H and O–H groups in total. The van der Waals surface area contributed by atoms with Gasteiger partial charge in [-0.3, -0.25) is 9.59 Å². The molecule has 0 amide bonds. The van der Waals surface area contributed by atoms with E-state index in [4.69, 9.17) is 2.74 Å². The third kappa shape index (κ3) is 51.8. The molecular formula is C19H30Cl2O8. The first-order valence-electron chi connectivity index (χ1n) is 8.95. The molecule has 0 bridgehead atoms.